The molecule has 0 unspecified atom stereocenters. The Morgan fingerprint density at radius 3 is 2.20 bits per heavy atom. The highest BCUT2D eigenvalue weighted by Crippen LogP contribution is 2.26. The monoisotopic (exact) mass is 337 g/mol. The number of aromatic hydroxyl groups is 2. The number of amides is 1. The standard InChI is InChI=1S/C21H23NO3/c1-15-10-12-22(13-11-15)21(25)18-7-4-16(5-8-18)2-3-17-6-9-19(23)20(24)14-17/h2-9,14-15,23-24H,10-13H2,1H3/b3-2+. The van der Waals surface area contributed by atoms with Gasteiger partial charge in [0, 0.05) is 18.7 Å². The number of carbonyl (C=O) groups is 1. The average Bonchev–Trinajstić information content (AvgIpc) is 2.63. The fourth-order valence-corrected chi connectivity index (χ4v) is 2.97. The smallest absolute Gasteiger partial charge is 0.253 e. The molecule has 0 radical (unpaired) electrons. The van der Waals surface area contributed by atoms with Crippen molar-refractivity contribution in [2.75, 3.05) is 13.1 Å². The number of likely N-dealkylation sites (tertiary alicyclic amines) is 1. The SMILES string of the molecule is CC1CCN(C(=O)c2ccc(/C=C/c3ccc(O)c(O)c3)cc2)CC1. The molecule has 1 fully saturated rings. The summed E-state index contributed by atoms with van der Waals surface area (Å²) < 4.78 is 0. The number of hydrogen-bond donors (Lipinski definition) is 2. The van der Waals surface area contributed by atoms with E-state index in [4.69, 9.17) is 0 Å². The maximum atomic E-state index is 12.5. The minimum Gasteiger partial charge on any atom is -0.504 e. The summed E-state index contributed by atoms with van der Waals surface area (Å²) >= 11 is 0. The molecule has 1 heterocycles. The third kappa shape index (κ3) is 4.21. The highest BCUT2D eigenvalue weighted by molar-refractivity contribution is 5.94. The van der Waals surface area contributed by atoms with E-state index in [0.29, 0.717) is 11.5 Å². The molecule has 3 rings (SSSR count). The Hall–Kier alpha value is -2.75. The number of phenolic OH excluding ortho intramolecular Hbond substituents is 2. The number of hydrogen-bond acceptors (Lipinski definition) is 3. The highest BCUT2D eigenvalue weighted by atomic mass is 16.3. The Morgan fingerprint density at radius 2 is 1.56 bits per heavy atom. The van der Waals surface area contributed by atoms with Gasteiger partial charge in [0.1, 0.15) is 0 Å². The zero-order valence-electron chi connectivity index (χ0n) is 14.4. The molecule has 0 bridgehead atoms. The molecule has 130 valence electrons. The van der Waals surface area contributed by atoms with Crippen molar-refractivity contribution >= 4 is 18.1 Å². The van der Waals surface area contributed by atoms with E-state index in [1.807, 2.05) is 41.3 Å². The van der Waals surface area contributed by atoms with Crippen molar-refractivity contribution in [3.63, 3.8) is 0 Å². The summed E-state index contributed by atoms with van der Waals surface area (Å²) in [7, 11) is 0. The number of carbonyl (C=O) groups excluding carboxylic acids is 1. The third-order valence-electron chi connectivity index (χ3n) is 4.70. The van der Waals surface area contributed by atoms with Gasteiger partial charge in [0.05, 0.1) is 0 Å². The summed E-state index contributed by atoms with van der Waals surface area (Å²) in [6, 6.07) is 12.2. The van der Waals surface area contributed by atoms with Crippen LogP contribution in [0, 0.1) is 5.92 Å². The van der Waals surface area contributed by atoms with Crippen molar-refractivity contribution < 1.29 is 15.0 Å². The van der Waals surface area contributed by atoms with Crippen LogP contribution < -0.4 is 0 Å². The molecule has 2 N–H and O–H groups in total. The van der Waals surface area contributed by atoms with Crippen LogP contribution in [0.2, 0.25) is 0 Å². The van der Waals surface area contributed by atoms with Gasteiger partial charge in [-0.05, 0) is 54.2 Å². The van der Waals surface area contributed by atoms with Gasteiger partial charge in [0.2, 0.25) is 0 Å². The lowest BCUT2D eigenvalue weighted by atomic mass is 9.98. The molecule has 0 aromatic heterocycles. The van der Waals surface area contributed by atoms with Crippen LogP contribution in [0.4, 0.5) is 0 Å². The second-order valence-electron chi connectivity index (χ2n) is 6.68. The largest absolute Gasteiger partial charge is 0.504 e. The van der Waals surface area contributed by atoms with E-state index in [1.165, 1.54) is 12.1 Å². The Morgan fingerprint density at radius 1 is 0.960 bits per heavy atom. The first-order valence-electron chi connectivity index (χ1n) is 8.62. The van der Waals surface area contributed by atoms with Crippen molar-refractivity contribution in [1.82, 2.24) is 4.90 Å². The number of phenols is 2. The van der Waals surface area contributed by atoms with Gasteiger partial charge in [0.15, 0.2) is 11.5 Å². The van der Waals surface area contributed by atoms with Crippen LogP contribution in [0.5, 0.6) is 11.5 Å². The van der Waals surface area contributed by atoms with E-state index in [-0.39, 0.29) is 17.4 Å². The molecular formula is C21H23NO3. The van der Waals surface area contributed by atoms with Gasteiger partial charge in [-0.1, -0.05) is 37.3 Å². The lowest BCUT2D eigenvalue weighted by Crippen LogP contribution is -2.37. The summed E-state index contributed by atoms with van der Waals surface area (Å²) in [6.45, 7) is 3.91. The fraction of sp³-hybridized carbons (Fsp3) is 0.286. The van der Waals surface area contributed by atoms with E-state index in [9.17, 15) is 15.0 Å². The van der Waals surface area contributed by atoms with Crippen LogP contribution in [-0.4, -0.2) is 34.1 Å². The minimum atomic E-state index is -0.140. The normalized spacial score (nSPS) is 15.6. The molecule has 4 nitrogen and oxygen atoms in total. The summed E-state index contributed by atoms with van der Waals surface area (Å²) in [5.41, 5.74) is 2.48. The van der Waals surface area contributed by atoms with Crippen molar-refractivity contribution in [3.05, 3.63) is 59.2 Å². The number of nitrogens with zero attached hydrogens (tertiary/aromatic N) is 1. The molecule has 4 heteroatoms. The first kappa shape index (κ1) is 17.1. The highest BCUT2D eigenvalue weighted by Gasteiger charge is 2.21. The van der Waals surface area contributed by atoms with E-state index in [0.717, 1.165) is 37.1 Å². The summed E-state index contributed by atoms with van der Waals surface area (Å²) in [4.78, 5) is 14.5. The molecule has 1 aliphatic heterocycles. The first-order chi connectivity index (χ1) is 12.0. The number of piperidine rings is 1. The Kier molecular flexibility index (Phi) is 5.08. The van der Waals surface area contributed by atoms with Gasteiger partial charge >= 0.3 is 0 Å². The second kappa shape index (κ2) is 7.43. The molecule has 1 aliphatic rings. The van der Waals surface area contributed by atoms with E-state index >= 15 is 0 Å². The Bertz CT molecular complexity index is 772. The molecule has 1 amide bonds. The predicted molar refractivity (Wildman–Crippen MR) is 99.4 cm³/mol. The minimum absolute atomic E-state index is 0.103. The average molecular weight is 337 g/mol. The van der Waals surface area contributed by atoms with Gasteiger partial charge < -0.3 is 15.1 Å². The molecule has 0 saturated carbocycles. The predicted octanol–water partition coefficient (Wildman–Crippen LogP) is 4.14. The van der Waals surface area contributed by atoms with Crippen LogP contribution in [0.3, 0.4) is 0 Å². The molecular weight excluding hydrogens is 314 g/mol. The fourth-order valence-electron chi connectivity index (χ4n) is 2.97. The second-order valence-corrected chi connectivity index (χ2v) is 6.68. The number of benzene rings is 2. The quantitative estimate of drug-likeness (QED) is 0.654. The van der Waals surface area contributed by atoms with Crippen LogP contribution in [-0.2, 0) is 0 Å². The van der Waals surface area contributed by atoms with E-state index < -0.39 is 0 Å². The molecule has 0 aliphatic carbocycles. The van der Waals surface area contributed by atoms with Crippen LogP contribution in [0.15, 0.2) is 42.5 Å². The van der Waals surface area contributed by atoms with Crippen molar-refractivity contribution in [2.45, 2.75) is 19.8 Å². The van der Waals surface area contributed by atoms with Crippen LogP contribution in [0.1, 0.15) is 41.3 Å². The van der Waals surface area contributed by atoms with Crippen LogP contribution >= 0.6 is 0 Å². The first-order valence-corrected chi connectivity index (χ1v) is 8.62. The zero-order valence-corrected chi connectivity index (χ0v) is 14.4. The molecule has 1 saturated heterocycles. The molecule has 0 spiro atoms. The lowest BCUT2D eigenvalue weighted by molar-refractivity contribution is 0.0697. The van der Waals surface area contributed by atoms with Crippen molar-refractivity contribution in [3.8, 4) is 11.5 Å². The topological polar surface area (TPSA) is 60.8 Å². The van der Waals surface area contributed by atoms with Crippen molar-refractivity contribution in [1.29, 1.82) is 0 Å². The zero-order chi connectivity index (χ0) is 17.8. The van der Waals surface area contributed by atoms with Gasteiger partial charge in [-0.2, -0.15) is 0 Å². The molecule has 25 heavy (non-hydrogen) atoms. The van der Waals surface area contributed by atoms with Gasteiger partial charge in [-0.15, -0.1) is 0 Å². The van der Waals surface area contributed by atoms with E-state index in [1.54, 1.807) is 6.07 Å². The summed E-state index contributed by atoms with van der Waals surface area (Å²) in [5, 5.41) is 18.8. The molecule has 2 aromatic rings. The van der Waals surface area contributed by atoms with Crippen molar-refractivity contribution in [2.24, 2.45) is 5.92 Å². The molecule has 2 aromatic carbocycles. The van der Waals surface area contributed by atoms with Gasteiger partial charge in [-0.3, -0.25) is 4.79 Å². The molecule has 0 atom stereocenters. The van der Waals surface area contributed by atoms with Gasteiger partial charge in [-0.25, -0.2) is 0 Å². The maximum Gasteiger partial charge on any atom is 0.253 e. The Labute approximate surface area is 148 Å². The van der Waals surface area contributed by atoms with Crippen LogP contribution in [0.25, 0.3) is 12.2 Å². The van der Waals surface area contributed by atoms with E-state index in [2.05, 4.69) is 6.92 Å². The van der Waals surface area contributed by atoms with Gasteiger partial charge in [0.25, 0.3) is 5.91 Å². The third-order valence-corrected chi connectivity index (χ3v) is 4.70. The Balaban J connectivity index is 1.66. The summed E-state index contributed by atoms with van der Waals surface area (Å²) in [6.07, 6.45) is 5.91. The summed E-state index contributed by atoms with van der Waals surface area (Å²) in [5.74, 6) is 0.535. The maximum absolute atomic E-state index is 12.5. The lowest BCUT2D eigenvalue weighted by Gasteiger charge is -2.30. The number of rotatable bonds is 3.